The molecule has 3 heterocycles. The minimum Gasteiger partial charge on any atom is -0.309 e. The van der Waals surface area contributed by atoms with Gasteiger partial charge in [-0.15, -0.1) is 0 Å². The molecule has 0 spiro atoms. The monoisotopic (exact) mass is 314 g/mol. The Balaban J connectivity index is 1.67. The first kappa shape index (κ1) is 15.6. The number of aromatic nitrogens is 2. The summed E-state index contributed by atoms with van der Waals surface area (Å²) in [6.45, 7) is 1.58. The van der Waals surface area contributed by atoms with Gasteiger partial charge in [0.25, 0.3) is 0 Å². The van der Waals surface area contributed by atoms with Crippen molar-refractivity contribution in [1.82, 2.24) is 14.9 Å². The molecule has 2 aromatic rings. The quantitative estimate of drug-likeness (QED) is 0.942. The first-order valence-corrected chi connectivity index (χ1v) is 7.78. The van der Waals surface area contributed by atoms with Gasteiger partial charge in [0.1, 0.15) is 11.6 Å². The fraction of sp³-hybridized carbons (Fsp3) is 0.353. The summed E-state index contributed by atoms with van der Waals surface area (Å²) in [5, 5.41) is 2.78. The molecule has 1 atom stereocenters. The molecule has 3 rings (SSSR count). The maximum absolute atomic E-state index is 12.9. The van der Waals surface area contributed by atoms with Gasteiger partial charge >= 0.3 is 0 Å². The number of halogens is 1. The van der Waals surface area contributed by atoms with Crippen LogP contribution in [0, 0.1) is 5.82 Å². The lowest BCUT2D eigenvalue weighted by atomic mass is 10.0. The maximum atomic E-state index is 12.9. The van der Waals surface area contributed by atoms with Crippen molar-refractivity contribution in [3.05, 3.63) is 54.2 Å². The molecule has 23 heavy (non-hydrogen) atoms. The second kappa shape index (κ2) is 7.28. The van der Waals surface area contributed by atoms with Gasteiger partial charge in [0.05, 0.1) is 12.2 Å². The van der Waals surface area contributed by atoms with Crippen LogP contribution in [0.5, 0.6) is 0 Å². The highest BCUT2D eigenvalue weighted by molar-refractivity contribution is 5.94. The zero-order chi connectivity index (χ0) is 16.1. The largest absolute Gasteiger partial charge is 0.309 e. The van der Waals surface area contributed by atoms with Crippen molar-refractivity contribution >= 4 is 11.7 Å². The molecular formula is C17H19FN4O. The van der Waals surface area contributed by atoms with Crippen LogP contribution in [0.4, 0.5) is 10.2 Å². The van der Waals surface area contributed by atoms with E-state index >= 15 is 0 Å². The van der Waals surface area contributed by atoms with Crippen molar-refractivity contribution < 1.29 is 9.18 Å². The maximum Gasteiger partial charge on any atom is 0.242 e. The van der Waals surface area contributed by atoms with Gasteiger partial charge in [0.15, 0.2) is 0 Å². The van der Waals surface area contributed by atoms with E-state index in [0.29, 0.717) is 12.4 Å². The van der Waals surface area contributed by atoms with Crippen LogP contribution in [0.25, 0.3) is 0 Å². The molecule has 0 bridgehead atoms. The smallest absolute Gasteiger partial charge is 0.242 e. The van der Waals surface area contributed by atoms with Gasteiger partial charge in [-0.1, -0.05) is 12.5 Å². The molecular weight excluding hydrogens is 295 g/mol. The number of anilines is 1. The van der Waals surface area contributed by atoms with Crippen LogP contribution in [-0.2, 0) is 11.3 Å². The van der Waals surface area contributed by atoms with E-state index in [9.17, 15) is 9.18 Å². The molecule has 1 fully saturated rings. The van der Waals surface area contributed by atoms with E-state index in [0.717, 1.165) is 37.6 Å². The van der Waals surface area contributed by atoms with Crippen LogP contribution >= 0.6 is 0 Å². The summed E-state index contributed by atoms with van der Waals surface area (Å²) in [5.41, 5.74) is 1.09. The number of amides is 1. The van der Waals surface area contributed by atoms with Crippen molar-refractivity contribution in [2.45, 2.75) is 31.8 Å². The van der Waals surface area contributed by atoms with Crippen molar-refractivity contribution in [1.29, 1.82) is 0 Å². The van der Waals surface area contributed by atoms with E-state index in [4.69, 9.17) is 0 Å². The van der Waals surface area contributed by atoms with Crippen LogP contribution in [0.2, 0.25) is 0 Å². The summed E-state index contributed by atoms with van der Waals surface area (Å²) in [4.78, 5) is 22.7. The zero-order valence-corrected chi connectivity index (χ0v) is 12.8. The van der Waals surface area contributed by atoms with E-state index < -0.39 is 5.82 Å². The van der Waals surface area contributed by atoms with Crippen LogP contribution in [0.3, 0.4) is 0 Å². The lowest BCUT2D eigenvalue weighted by Crippen LogP contribution is -2.46. The predicted molar refractivity (Wildman–Crippen MR) is 85.1 cm³/mol. The minimum atomic E-state index is -0.418. The van der Waals surface area contributed by atoms with Crippen molar-refractivity contribution in [3.63, 3.8) is 0 Å². The number of pyridine rings is 2. The fourth-order valence-corrected chi connectivity index (χ4v) is 2.86. The summed E-state index contributed by atoms with van der Waals surface area (Å²) < 4.78 is 12.9. The third kappa shape index (κ3) is 4.10. The second-order valence-corrected chi connectivity index (χ2v) is 5.69. The van der Waals surface area contributed by atoms with Crippen LogP contribution in [0.1, 0.15) is 24.8 Å². The first-order chi connectivity index (χ1) is 11.2. The number of rotatable bonds is 4. The number of hydrogen-bond donors (Lipinski definition) is 1. The normalized spacial score (nSPS) is 18.6. The Morgan fingerprint density at radius 1 is 1.30 bits per heavy atom. The highest BCUT2D eigenvalue weighted by Crippen LogP contribution is 2.20. The zero-order valence-electron chi connectivity index (χ0n) is 12.8. The lowest BCUT2D eigenvalue weighted by Gasteiger charge is -2.34. The first-order valence-electron chi connectivity index (χ1n) is 7.78. The van der Waals surface area contributed by atoms with Gasteiger partial charge in [0.2, 0.25) is 5.91 Å². The summed E-state index contributed by atoms with van der Waals surface area (Å²) in [6, 6.07) is 6.48. The molecule has 2 aromatic heterocycles. The standard InChI is InChI=1S/C17H19FN4O/c18-14-6-7-16(20-11-14)21-17(23)15-5-1-2-9-22(15)12-13-4-3-8-19-10-13/h3-4,6-8,10-11,15H,1-2,5,9,12H2,(H,20,21,23)/t15-/m1/s1. The van der Waals surface area contributed by atoms with E-state index in [1.165, 1.54) is 12.1 Å². The van der Waals surface area contributed by atoms with Gasteiger partial charge in [0, 0.05) is 18.9 Å². The van der Waals surface area contributed by atoms with Gasteiger partial charge in [-0.05, 0) is 43.1 Å². The van der Waals surface area contributed by atoms with Gasteiger partial charge < -0.3 is 5.32 Å². The lowest BCUT2D eigenvalue weighted by molar-refractivity contribution is -0.122. The number of nitrogens with one attached hydrogen (secondary N) is 1. The van der Waals surface area contributed by atoms with Crippen LogP contribution in [0.15, 0.2) is 42.9 Å². The Hall–Kier alpha value is -2.34. The molecule has 0 aliphatic carbocycles. The molecule has 1 N–H and O–H groups in total. The predicted octanol–water partition coefficient (Wildman–Crippen LogP) is 2.61. The molecule has 1 amide bonds. The van der Waals surface area contributed by atoms with Crippen LogP contribution < -0.4 is 5.32 Å². The molecule has 0 unspecified atom stereocenters. The van der Waals surface area contributed by atoms with Gasteiger partial charge in [-0.25, -0.2) is 9.37 Å². The SMILES string of the molecule is O=C(Nc1ccc(F)cn1)[C@H]1CCCCN1Cc1cccnc1. The Morgan fingerprint density at radius 3 is 2.96 bits per heavy atom. The van der Waals surface area contributed by atoms with E-state index in [1.807, 2.05) is 18.3 Å². The molecule has 1 aliphatic heterocycles. The molecule has 1 saturated heterocycles. The van der Waals surface area contributed by atoms with Crippen molar-refractivity contribution in [2.24, 2.45) is 0 Å². The molecule has 0 saturated carbocycles. The summed E-state index contributed by atoms with van der Waals surface area (Å²) in [7, 11) is 0. The number of piperidine rings is 1. The van der Waals surface area contributed by atoms with Gasteiger partial charge in [-0.3, -0.25) is 14.7 Å². The Kier molecular flexibility index (Phi) is 4.92. The molecule has 5 nitrogen and oxygen atoms in total. The summed E-state index contributed by atoms with van der Waals surface area (Å²) in [5.74, 6) is -0.130. The van der Waals surface area contributed by atoms with Crippen molar-refractivity contribution in [2.75, 3.05) is 11.9 Å². The average Bonchev–Trinajstić information content (AvgIpc) is 2.58. The second-order valence-electron chi connectivity index (χ2n) is 5.69. The molecule has 120 valence electrons. The third-order valence-electron chi connectivity index (χ3n) is 4.00. The number of carbonyl (C=O) groups is 1. The van der Waals surface area contributed by atoms with E-state index in [1.54, 1.807) is 6.20 Å². The summed E-state index contributed by atoms with van der Waals surface area (Å²) in [6.07, 6.45) is 7.59. The molecule has 0 radical (unpaired) electrons. The molecule has 1 aliphatic rings. The number of hydrogen-bond acceptors (Lipinski definition) is 4. The Morgan fingerprint density at radius 2 is 2.22 bits per heavy atom. The Labute approximate surface area is 134 Å². The Bertz CT molecular complexity index is 647. The highest BCUT2D eigenvalue weighted by Gasteiger charge is 2.28. The molecule has 6 heteroatoms. The topological polar surface area (TPSA) is 58.1 Å². The summed E-state index contributed by atoms with van der Waals surface area (Å²) >= 11 is 0. The molecule has 0 aromatic carbocycles. The van der Waals surface area contributed by atoms with E-state index in [-0.39, 0.29) is 11.9 Å². The van der Waals surface area contributed by atoms with Gasteiger partial charge in [-0.2, -0.15) is 0 Å². The highest BCUT2D eigenvalue weighted by atomic mass is 19.1. The number of likely N-dealkylation sites (tertiary alicyclic amines) is 1. The van der Waals surface area contributed by atoms with Crippen LogP contribution in [-0.4, -0.2) is 33.4 Å². The van der Waals surface area contributed by atoms with E-state index in [2.05, 4.69) is 20.2 Å². The average molecular weight is 314 g/mol. The number of carbonyl (C=O) groups excluding carboxylic acids is 1. The third-order valence-corrected chi connectivity index (χ3v) is 4.00. The van der Waals surface area contributed by atoms with Crippen molar-refractivity contribution in [3.8, 4) is 0 Å². The minimum absolute atomic E-state index is 0.0901. The number of nitrogens with zero attached hydrogens (tertiary/aromatic N) is 3. The fourth-order valence-electron chi connectivity index (χ4n) is 2.86.